The molecule has 0 aromatic rings. The zero-order chi connectivity index (χ0) is 8.20. The van der Waals surface area contributed by atoms with E-state index in [-0.39, 0.29) is 11.4 Å². The van der Waals surface area contributed by atoms with Crippen LogP contribution >= 0.6 is 0 Å². The predicted octanol–water partition coefficient (Wildman–Crippen LogP) is 1.70. The van der Waals surface area contributed by atoms with Crippen LogP contribution in [0, 0.1) is 0 Å². The second kappa shape index (κ2) is 3.59. The van der Waals surface area contributed by atoms with Gasteiger partial charge in [-0.15, -0.1) is 0 Å². The molecule has 60 valence electrons. The standard InChI is InChI=1S/C8H17NO/c1-5-6-8(3,4)9-7(2)10/h5-6H2,1-4H3,(H,9,10). The summed E-state index contributed by atoms with van der Waals surface area (Å²) in [6, 6.07) is 0. The van der Waals surface area contributed by atoms with Crippen LogP contribution < -0.4 is 5.32 Å². The van der Waals surface area contributed by atoms with Gasteiger partial charge >= 0.3 is 0 Å². The first-order valence-electron chi connectivity index (χ1n) is 3.76. The molecular formula is C8H17NO. The quantitative estimate of drug-likeness (QED) is 0.640. The third-order valence-corrected chi connectivity index (χ3v) is 1.39. The molecule has 0 aliphatic rings. The molecule has 0 saturated carbocycles. The molecule has 2 heteroatoms. The maximum atomic E-state index is 10.6. The van der Waals surface area contributed by atoms with E-state index in [2.05, 4.69) is 12.2 Å². The van der Waals surface area contributed by atoms with E-state index in [1.54, 1.807) is 6.92 Å². The summed E-state index contributed by atoms with van der Waals surface area (Å²) in [7, 11) is 0. The Balaban J connectivity index is 3.74. The lowest BCUT2D eigenvalue weighted by Gasteiger charge is -2.24. The lowest BCUT2D eigenvalue weighted by molar-refractivity contribution is -0.120. The fourth-order valence-electron chi connectivity index (χ4n) is 1.16. The van der Waals surface area contributed by atoms with Crippen molar-refractivity contribution in [1.29, 1.82) is 0 Å². The fraction of sp³-hybridized carbons (Fsp3) is 0.875. The molecule has 0 rings (SSSR count). The molecule has 0 aliphatic carbocycles. The summed E-state index contributed by atoms with van der Waals surface area (Å²) in [6.45, 7) is 7.75. The second-order valence-corrected chi connectivity index (χ2v) is 3.32. The van der Waals surface area contributed by atoms with E-state index < -0.39 is 0 Å². The maximum absolute atomic E-state index is 10.6. The molecule has 10 heavy (non-hydrogen) atoms. The Labute approximate surface area is 63.0 Å². The molecule has 0 fully saturated rings. The van der Waals surface area contributed by atoms with E-state index in [1.165, 1.54) is 0 Å². The molecule has 0 saturated heterocycles. The Hall–Kier alpha value is -0.530. The SMILES string of the molecule is CCCC(C)(C)NC(C)=O. The normalized spacial score (nSPS) is 11.2. The first kappa shape index (κ1) is 9.47. The number of nitrogens with one attached hydrogen (secondary N) is 1. The van der Waals surface area contributed by atoms with Crippen LogP contribution in [-0.4, -0.2) is 11.4 Å². The molecular weight excluding hydrogens is 126 g/mol. The van der Waals surface area contributed by atoms with Gasteiger partial charge in [0.25, 0.3) is 0 Å². The van der Waals surface area contributed by atoms with Crippen molar-refractivity contribution in [3.05, 3.63) is 0 Å². The zero-order valence-corrected chi connectivity index (χ0v) is 7.32. The Kier molecular flexibility index (Phi) is 3.40. The molecule has 1 amide bonds. The van der Waals surface area contributed by atoms with Crippen molar-refractivity contribution < 1.29 is 4.79 Å². The second-order valence-electron chi connectivity index (χ2n) is 3.32. The van der Waals surface area contributed by atoms with Gasteiger partial charge < -0.3 is 5.32 Å². The van der Waals surface area contributed by atoms with Gasteiger partial charge in [0.1, 0.15) is 0 Å². The lowest BCUT2D eigenvalue weighted by Crippen LogP contribution is -2.41. The Morgan fingerprint density at radius 1 is 1.50 bits per heavy atom. The minimum absolute atomic E-state index is 0.0272. The van der Waals surface area contributed by atoms with Crippen molar-refractivity contribution in [2.24, 2.45) is 0 Å². The van der Waals surface area contributed by atoms with Crippen molar-refractivity contribution in [2.75, 3.05) is 0 Å². The van der Waals surface area contributed by atoms with Crippen molar-refractivity contribution in [3.63, 3.8) is 0 Å². The molecule has 0 atom stereocenters. The number of amides is 1. The molecule has 0 bridgehead atoms. The molecule has 0 aliphatic heterocycles. The summed E-state index contributed by atoms with van der Waals surface area (Å²) in [6.07, 6.45) is 2.14. The van der Waals surface area contributed by atoms with Crippen molar-refractivity contribution >= 4 is 5.91 Å². The van der Waals surface area contributed by atoms with Gasteiger partial charge in [-0.1, -0.05) is 13.3 Å². The largest absolute Gasteiger partial charge is 0.351 e. The maximum Gasteiger partial charge on any atom is 0.217 e. The molecule has 0 aromatic carbocycles. The van der Waals surface area contributed by atoms with Crippen LogP contribution in [0.15, 0.2) is 0 Å². The highest BCUT2D eigenvalue weighted by molar-refractivity contribution is 5.73. The van der Waals surface area contributed by atoms with Gasteiger partial charge in [0.15, 0.2) is 0 Å². The van der Waals surface area contributed by atoms with Gasteiger partial charge in [0, 0.05) is 12.5 Å². The number of rotatable bonds is 3. The summed E-state index contributed by atoms with van der Waals surface area (Å²) >= 11 is 0. The highest BCUT2D eigenvalue weighted by Crippen LogP contribution is 2.09. The van der Waals surface area contributed by atoms with E-state index in [0.717, 1.165) is 12.8 Å². The van der Waals surface area contributed by atoms with Gasteiger partial charge in [-0.25, -0.2) is 0 Å². The zero-order valence-electron chi connectivity index (χ0n) is 7.32. The average Bonchev–Trinajstić information content (AvgIpc) is 1.59. The van der Waals surface area contributed by atoms with Gasteiger partial charge in [-0.05, 0) is 20.3 Å². The van der Waals surface area contributed by atoms with E-state index in [1.807, 2.05) is 13.8 Å². The average molecular weight is 143 g/mol. The Morgan fingerprint density at radius 2 is 2.00 bits per heavy atom. The number of carbonyl (C=O) groups is 1. The van der Waals surface area contributed by atoms with E-state index in [0.29, 0.717) is 0 Å². The van der Waals surface area contributed by atoms with Crippen molar-refractivity contribution in [3.8, 4) is 0 Å². The number of hydrogen-bond donors (Lipinski definition) is 1. The van der Waals surface area contributed by atoms with Crippen LogP contribution in [0.2, 0.25) is 0 Å². The first-order valence-corrected chi connectivity index (χ1v) is 3.76. The highest BCUT2D eigenvalue weighted by Gasteiger charge is 2.16. The lowest BCUT2D eigenvalue weighted by atomic mass is 9.99. The van der Waals surface area contributed by atoms with Crippen LogP contribution in [0.1, 0.15) is 40.5 Å². The monoisotopic (exact) mass is 143 g/mol. The van der Waals surface area contributed by atoms with Gasteiger partial charge in [-0.3, -0.25) is 4.79 Å². The van der Waals surface area contributed by atoms with Crippen molar-refractivity contribution in [2.45, 2.75) is 46.1 Å². The third kappa shape index (κ3) is 4.36. The summed E-state index contributed by atoms with van der Waals surface area (Å²) in [5.41, 5.74) is -0.0272. The summed E-state index contributed by atoms with van der Waals surface area (Å²) < 4.78 is 0. The first-order chi connectivity index (χ1) is 4.48. The van der Waals surface area contributed by atoms with Crippen LogP contribution in [0.4, 0.5) is 0 Å². The highest BCUT2D eigenvalue weighted by atomic mass is 16.1. The van der Waals surface area contributed by atoms with Crippen LogP contribution in [0.5, 0.6) is 0 Å². The van der Waals surface area contributed by atoms with E-state index >= 15 is 0 Å². The van der Waals surface area contributed by atoms with Gasteiger partial charge in [0.05, 0.1) is 0 Å². The summed E-state index contributed by atoms with van der Waals surface area (Å²) in [5.74, 6) is 0.0541. The van der Waals surface area contributed by atoms with Crippen LogP contribution in [0.3, 0.4) is 0 Å². The van der Waals surface area contributed by atoms with Crippen LogP contribution in [-0.2, 0) is 4.79 Å². The molecule has 0 aromatic heterocycles. The topological polar surface area (TPSA) is 29.1 Å². The number of hydrogen-bond acceptors (Lipinski definition) is 1. The summed E-state index contributed by atoms with van der Waals surface area (Å²) in [5, 5.41) is 2.88. The molecule has 0 unspecified atom stereocenters. The minimum Gasteiger partial charge on any atom is -0.351 e. The Bertz CT molecular complexity index is 118. The minimum atomic E-state index is -0.0272. The molecule has 2 nitrogen and oxygen atoms in total. The van der Waals surface area contributed by atoms with E-state index in [4.69, 9.17) is 0 Å². The smallest absolute Gasteiger partial charge is 0.217 e. The van der Waals surface area contributed by atoms with E-state index in [9.17, 15) is 4.79 Å². The third-order valence-electron chi connectivity index (χ3n) is 1.39. The van der Waals surface area contributed by atoms with Crippen molar-refractivity contribution in [1.82, 2.24) is 5.32 Å². The Morgan fingerprint density at radius 3 is 2.30 bits per heavy atom. The van der Waals surface area contributed by atoms with Gasteiger partial charge in [0.2, 0.25) is 5.91 Å². The molecule has 1 N–H and O–H groups in total. The molecule has 0 heterocycles. The van der Waals surface area contributed by atoms with Crippen LogP contribution in [0.25, 0.3) is 0 Å². The number of carbonyl (C=O) groups excluding carboxylic acids is 1. The molecule has 0 radical (unpaired) electrons. The summed E-state index contributed by atoms with van der Waals surface area (Å²) in [4.78, 5) is 10.6. The van der Waals surface area contributed by atoms with Gasteiger partial charge in [-0.2, -0.15) is 0 Å². The predicted molar refractivity (Wildman–Crippen MR) is 42.8 cm³/mol. The fourth-order valence-corrected chi connectivity index (χ4v) is 1.16. The molecule has 0 spiro atoms.